The van der Waals surface area contributed by atoms with Crippen LogP contribution < -0.4 is 5.32 Å². The van der Waals surface area contributed by atoms with Gasteiger partial charge in [0, 0.05) is 37.1 Å². The van der Waals surface area contributed by atoms with E-state index in [0.717, 1.165) is 30.6 Å². The fraction of sp³-hybridized carbons (Fsp3) is 0.276. The lowest BCUT2D eigenvalue weighted by atomic mass is 9.84. The van der Waals surface area contributed by atoms with Crippen molar-refractivity contribution in [1.29, 1.82) is 0 Å². The highest BCUT2D eigenvalue weighted by molar-refractivity contribution is 5.96. The molecule has 2 N–H and O–H groups in total. The average molecular weight is 473 g/mol. The van der Waals surface area contributed by atoms with Crippen molar-refractivity contribution in [2.24, 2.45) is 0 Å². The second kappa shape index (κ2) is 9.64. The van der Waals surface area contributed by atoms with Gasteiger partial charge < -0.3 is 14.8 Å². The molecular weight excluding hydrogens is 443 g/mol. The summed E-state index contributed by atoms with van der Waals surface area (Å²) < 4.78 is 19.5. The normalized spacial score (nSPS) is 15.9. The van der Waals surface area contributed by atoms with Crippen molar-refractivity contribution in [1.82, 2.24) is 10.2 Å². The molecule has 5 nitrogen and oxygen atoms in total. The van der Waals surface area contributed by atoms with Gasteiger partial charge >= 0.3 is 0 Å². The van der Waals surface area contributed by atoms with Crippen LogP contribution in [-0.4, -0.2) is 29.0 Å². The van der Waals surface area contributed by atoms with Crippen molar-refractivity contribution in [2.45, 2.75) is 38.5 Å². The Labute approximate surface area is 204 Å². The summed E-state index contributed by atoms with van der Waals surface area (Å²) in [4.78, 5) is 14.9. The van der Waals surface area contributed by atoms with E-state index in [1.54, 1.807) is 30.3 Å². The number of nitrogens with zero attached hydrogens (tertiary/aromatic N) is 1. The zero-order valence-corrected chi connectivity index (χ0v) is 19.8. The van der Waals surface area contributed by atoms with Gasteiger partial charge in [0.1, 0.15) is 11.4 Å². The number of rotatable bonds is 6. The fourth-order valence-corrected chi connectivity index (χ4v) is 4.79. The van der Waals surface area contributed by atoms with E-state index in [-0.39, 0.29) is 18.1 Å². The Morgan fingerprint density at radius 1 is 1.06 bits per heavy atom. The molecule has 1 fully saturated rings. The monoisotopic (exact) mass is 472 g/mol. The molecular formula is C29H29FN2O3. The van der Waals surface area contributed by atoms with Crippen LogP contribution in [0.1, 0.15) is 45.7 Å². The first-order chi connectivity index (χ1) is 16.9. The van der Waals surface area contributed by atoms with Gasteiger partial charge in [-0.15, -0.1) is 0 Å². The number of hydrogen-bond donors (Lipinski definition) is 2. The van der Waals surface area contributed by atoms with Crippen molar-refractivity contribution in [3.05, 3.63) is 107 Å². The Kier molecular flexibility index (Phi) is 6.41. The van der Waals surface area contributed by atoms with E-state index >= 15 is 0 Å². The third-order valence-electron chi connectivity index (χ3n) is 6.85. The molecule has 0 saturated carbocycles. The fourth-order valence-electron chi connectivity index (χ4n) is 4.79. The number of aliphatic hydroxyl groups is 1. The predicted octanol–water partition coefficient (Wildman–Crippen LogP) is 5.29. The quantitative estimate of drug-likeness (QED) is 0.400. The zero-order chi connectivity index (χ0) is 24.4. The number of amides is 1. The van der Waals surface area contributed by atoms with Crippen molar-refractivity contribution in [2.75, 3.05) is 13.1 Å². The topological polar surface area (TPSA) is 65.7 Å². The third-order valence-corrected chi connectivity index (χ3v) is 6.85. The molecule has 1 aliphatic rings. The zero-order valence-electron chi connectivity index (χ0n) is 19.8. The molecule has 1 aromatic heterocycles. The summed E-state index contributed by atoms with van der Waals surface area (Å²) in [6.07, 6.45) is 1.27. The maximum atomic E-state index is 13.8. The number of nitrogens with one attached hydrogen (secondary N) is 1. The van der Waals surface area contributed by atoms with Crippen molar-refractivity contribution >= 4 is 16.9 Å². The van der Waals surface area contributed by atoms with Gasteiger partial charge in [0.15, 0.2) is 5.76 Å². The van der Waals surface area contributed by atoms with Crippen molar-refractivity contribution in [3.63, 3.8) is 0 Å². The summed E-state index contributed by atoms with van der Waals surface area (Å²) in [6, 6.07) is 22.1. The highest BCUT2D eigenvalue weighted by Gasteiger charge is 2.34. The smallest absolute Gasteiger partial charge is 0.287 e. The van der Waals surface area contributed by atoms with Crippen LogP contribution in [-0.2, 0) is 18.7 Å². The van der Waals surface area contributed by atoms with Crippen molar-refractivity contribution in [3.8, 4) is 0 Å². The predicted molar refractivity (Wildman–Crippen MR) is 133 cm³/mol. The maximum Gasteiger partial charge on any atom is 0.287 e. The van der Waals surface area contributed by atoms with Crippen molar-refractivity contribution < 1.29 is 18.7 Å². The molecule has 0 aliphatic carbocycles. The number of carbonyl (C=O) groups excluding carboxylic acids is 1. The molecule has 5 rings (SSSR count). The summed E-state index contributed by atoms with van der Waals surface area (Å²) >= 11 is 0. The second-order valence-corrected chi connectivity index (χ2v) is 9.43. The molecule has 2 heterocycles. The van der Waals surface area contributed by atoms with Gasteiger partial charge in [-0.3, -0.25) is 9.69 Å². The molecule has 180 valence electrons. The molecule has 0 spiro atoms. The van der Waals surface area contributed by atoms with E-state index in [9.17, 15) is 14.3 Å². The summed E-state index contributed by atoms with van der Waals surface area (Å²) in [7, 11) is 0. The SMILES string of the molecule is Cc1cccc(CN2CCC(O)(c3ccc4oc(C(=O)NCc5ccccc5F)cc4c3)CC2)c1. The van der Waals surface area contributed by atoms with E-state index in [4.69, 9.17) is 4.42 Å². The second-order valence-electron chi connectivity index (χ2n) is 9.43. The lowest BCUT2D eigenvalue weighted by Crippen LogP contribution is -2.42. The number of piperidine rings is 1. The summed E-state index contributed by atoms with van der Waals surface area (Å²) in [5, 5.41) is 14.9. The number of halogens is 1. The molecule has 0 radical (unpaired) electrons. The first-order valence-corrected chi connectivity index (χ1v) is 12.0. The number of likely N-dealkylation sites (tertiary alicyclic amines) is 1. The number of carbonyl (C=O) groups is 1. The van der Waals surface area contributed by atoms with Gasteiger partial charge in [-0.05, 0) is 55.2 Å². The van der Waals surface area contributed by atoms with Gasteiger partial charge in [-0.2, -0.15) is 0 Å². The molecule has 0 bridgehead atoms. The van der Waals surface area contributed by atoms with E-state index in [0.29, 0.717) is 24.0 Å². The molecule has 4 aromatic rings. The maximum absolute atomic E-state index is 13.8. The summed E-state index contributed by atoms with van der Waals surface area (Å²) in [5.74, 6) is -0.608. The Morgan fingerprint density at radius 2 is 1.86 bits per heavy atom. The van der Waals surface area contributed by atoms with E-state index in [1.165, 1.54) is 17.2 Å². The molecule has 6 heteroatoms. The Bertz CT molecular complexity index is 1360. The largest absolute Gasteiger partial charge is 0.451 e. The summed E-state index contributed by atoms with van der Waals surface area (Å²) in [6.45, 7) is 4.66. The van der Waals surface area contributed by atoms with Crippen LogP contribution in [0, 0.1) is 12.7 Å². The molecule has 0 unspecified atom stereocenters. The molecule has 3 aromatic carbocycles. The highest BCUT2D eigenvalue weighted by atomic mass is 19.1. The minimum absolute atomic E-state index is 0.0760. The number of fused-ring (bicyclic) bond motifs is 1. The molecule has 1 saturated heterocycles. The van der Waals surface area contributed by atoms with Crippen LogP contribution in [0.15, 0.2) is 77.2 Å². The molecule has 1 amide bonds. The van der Waals surface area contributed by atoms with E-state index in [2.05, 4.69) is 41.4 Å². The van der Waals surface area contributed by atoms with E-state index < -0.39 is 11.5 Å². The Morgan fingerprint density at radius 3 is 2.63 bits per heavy atom. The highest BCUT2D eigenvalue weighted by Crippen LogP contribution is 2.35. The molecule has 1 aliphatic heterocycles. The number of aryl methyl sites for hydroxylation is 1. The third kappa shape index (κ3) is 5.14. The van der Waals surface area contributed by atoms with Crippen LogP contribution >= 0.6 is 0 Å². The summed E-state index contributed by atoms with van der Waals surface area (Å²) in [5.41, 5.74) is 3.45. The van der Waals surface area contributed by atoms with Crippen LogP contribution in [0.3, 0.4) is 0 Å². The first kappa shape index (κ1) is 23.3. The number of furan rings is 1. The lowest BCUT2D eigenvalue weighted by Gasteiger charge is -2.38. The number of benzene rings is 3. The first-order valence-electron chi connectivity index (χ1n) is 12.0. The van der Waals surface area contributed by atoms with Crippen LogP contribution in [0.5, 0.6) is 0 Å². The van der Waals surface area contributed by atoms with Gasteiger partial charge in [0.05, 0.1) is 5.60 Å². The minimum Gasteiger partial charge on any atom is -0.451 e. The van der Waals surface area contributed by atoms with Gasteiger partial charge in [-0.25, -0.2) is 4.39 Å². The van der Waals surface area contributed by atoms with Gasteiger partial charge in [0.2, 0.25) is 0 Å². The van der Waals surface area contributed by atoms with Crippen LogP contribution in [0.25, 0.3) is 11.0 Å². The molecule has 35 heavy (non-hydrogen) atoms. The van der Waals surface area contributed by atoms with Crippen LogP contribution in [0.4, 0.5) is 4.39 Å². The van der Waals surface area contributed by atoms with E-state index in [1.807, 2.05) is 12.1 Å². The Hall–Kier alpha value is -3.48. The average Bonchev–Trinajstić information content (AvgIpc) is 3.29. The molecule has 0 atom stereocenters. The Balaban J connectivity index is 1.25. The lowest BCUT2D eigenvalue weighted by molar-refractivity contribution is -0.0276. The van der Waals surface area contributed by atoms with Crippen LogP contribution in [0.2, 0.25) is 0 Å². The van der Waals surface area contributed by atoms with Gasteiger partial charge in [-0.1, -0.05) is 54.1 Å². The standard InChI is InChI=1S/C29H29FN2O3/c1-20-5-4-6-21(15-20)19-32-13-11-29(34,12-14-32)24-9-10-26-23(16-24)17-27(35-26)28(33)31-18-22-7-2-3-8-25(22)30/h2-10,15-17,34H,11-14,18-19H2,1H3,(H,31,33). The number of hydrogen-bond acceptors (Lipinski definition) is 4. The minimum atomic E-state index is -0.915. The van der Waals surface area contributed by atoms with Gasteiger partial charge in [0.25, 0.3) is 5.91 Å².